The maximum atomic E-state index is 12.9. The highest BCUT2D eigenvalue weighted by Gasteiger charge is 2.31. The highest BCUT2D eigenvalue weighted by molar-refractivity contribution is 7.95. The van der Waals surface area contributed by atoms with Gasteiger partial charge in [0.05, 0.1) is 16.0 Å². The highest BCUT2D eigenvalue weighted by atomic mass is 32.2. The van der Waals surface area contributed by atoms with Crippen LogP contribution in [0.4, 0.5) is 5.69 Å². The predicted molar refractivity (Wildman–Crippen MR) is 114 cm³/mol. The maximum Gasteiger partial charge on any atom is 0.257 e. The van der Waals surface area contributed by atoms with Crippen molar-refractivity contribution in [2.75, 3.05) is 23.9 Å². The van der Waals surface area contributed by atoms with E-state index >= 15 is 0 Å². The van der Waals surface area contributed by atoms with Crippen LogP contribution in [0.25, 0.3) is 6.08 Å². The molecule has 2 aromatic carbocycles. The molecule has 0 saturated carbocycles. The van der Waals surface area contributed by atoms with Gasteiger partial charge < -0.3 is 0 Å². The van der Waals surface area contributed by atoms with E-state index in [1.807, 2.05) is 30.3 Å². The predicted octanol–water partition coefficient (Wildman–Crippen LogP) is 3.22. The van der Waals surface area contributed by atoms with Crippen LogP contribution in [0.15, 0.2) is 58.8 Å². The molecule has 0 aromatic heterocycles. The molecule has 154 valence electrons. The van der Waals surface area contributed by atoms with Crippen LogP contribution in [0, 0.1) is 0 Å². The van der Waals surface area contributed by atoms with E-state index in [1.54, 1.807) is 18.2 Å². The van der Waals surface area contributed by atoms with Crippen LogP contribution >= 0.6 is 0 Å². The van der Waals surface area contributed by atoms with E-state index in [-0.39, 0.29) is 4.90 Å². The Morgan fingerprint density at radius 3 is 2.28 bits per heavy atom. The zero-order chi connectivity index (χ0) is 20.5. The van der Waals surface area contributed by atoms with Crippen LogP contribution < -0.4 is 4.31 Å². The zero-order valence-electron chi connectivity index (χ0n) is 16.1. The van der Waals surface area contributed by atoms with E-state index < -0.39 is 20.0 Å². The van der Waals surface area contributed by atoms with Crippen molar-refractivity contribution in [2.24, 2.45) is 0 Å². The monoisotopic (exact) mass is 432 g/mol. The first-order chi connectivity index (χ1) is 13.9. The molecule has 0 N–H and O–H groups in total. The molecule has 0 aliphatic carbocycles. The molecule has 2 aliphatic heterocycles. The van der Waals surface area contributed by atoms with E-state index in [2.05, 4.69) is 0 Å². The number of rotatable bonds is 5. The van der Waals surface area contributed by atoms with Crippen LogP contribution in [0.5, 0.6) is 0 Å². The molecule has 29 heavy (non-hydrogen) atoms. The molecule has 0 atom stereocenters. The summed E-state index contributed by atoms with van der Waals surface area (Å²) in [4.78, 5) is 0.247. The Hall–Kier alpha value is -2.16. The fourth-order valence-corrected chi connectivity index (χ4v) is 6.67. The third-order valence-electron chi connectivity index (χ3n) is 5.40. The minimum absolute atomic E-state index is 0.247. The molecule has 2 aliphatic rings. The van der Waals surface area contributed by atoms with Crippen molar-refractivity contribution in [2.45, 2.75) is 30.6 Å². The summed E-state index contributed by atoms with van der Waals surface area (Å²) in [5.41, 5.74) is 2.11. The Bertz CT molecular complexity index is 1120. The number of sulfonamides is 2. The standard InChI is InChI=1S/C21H24N2O4S2/c24-28(25,16-12-18-7-3-1-4-8-18)23-15-11-19-17-20(9-10-21(19)23)29(26,27)22-13-5-2-6-14-22/h1,3-4,7-10,12,16-17H,2,5-6,11,13-15H2/b16-12+. The van der Waals surface area contributed by atoms with E-state index in [4.69, 9.17) is 0 Å². The van der Waals surface area contributed by atoms with Gasteiger partial charge >= 0.3 is 0 Å². The maximum absolute atomic E-state index is 12.9. The molecule has 1 saturated heterocycles. The Morgan fingerprint density at radius 2 is 1.55 bits per heavy atom. The molecule has 1 fully saturated rings. The van der Waals surface area contributed by atoms with Gasteiger partial charge in [-0.05, 0) is 54.7 Å². The average molecular weight is 433 g/mol. The van der Waals surface area contributed by atoms with Crippen molar-refractivity contribution in [1.29, 1.82) is 0 Å². The smallest absolute Gasteiger partial charge is 0.257 e. The Labute approximate surface area is 172 Å². The molecule has 0 spiro atoms. The molecule has 0 amide bonds. The summed E-state index contributed by atoms with van der Waals surface area (Å²) in [5, 5.41) is 1.20. The lowest BCUT2D eigenvalue weighted by Crippen LogP contribution is -2.35. The lowest BCUT2D eigenvalue weighted by Gasteiger charge is -2.26. The largest absolute Gasteiger partial charge is 0.266 e. The molecule has 0 radical (unpaired) electrons. The first-order valence-corrected chi connectivity index (χ1v) is 12.7. The fraction of sp³-hybridized carbons (Fsp3) is 0.333. The van der Waals surface area contributed by atoms with Crippen molar-refractivity contribution in [3.05, 3.63) is 65.1 Å². The van der Waals surface area contributed by atoms with Gasteiger partial charge in [-0.25, -0.2) is 16.8 Å². The van der Waals surface area contributed by atoms with Crippen molar-refractivity contribution < 1.29 is 16.8 Å². The molecule has 4 rings (SSSR count). The first kappa shape index (κ1) is 20.1. The van der Waals surface area contributed by atoms with Crippen molar-refractivity contribution >= 4 is 31.8 Å². The quantitative estimate of drug-likeness (QED) is 0.727. The van der Waals surface area contributed by atoms with Crippen LogP contribution in [-0.4, -0.2) is 40.8 Å². The number of anilines is 1. The van der Waals surface area contributed by atoms with E-state index in [9.17, 15) is 16.8 Å². The molecule has 2 aromatic rings. The fourth-order valence-electron chi connectivity index (χ4n) is 3.83. The van der Waals surface area contributed by atoms with Gasteiger partial charge in [0.1, 0.15) is 0 Å². The SMILES string of the molecule is O=S(=O)(/C=C/c1ccccc1)N1CCc2cc(S(=O)(=O)N3CCCCC3)ccc21. The highest BCUT2D eigenvalue weighted by Crippen LogP contribution is 2.34. The zero-order valence-corrected chi connectivity index (χ0v) is 17.7. The molecule has 0 unspecified atom stereocenters. The van der Waals surface area contributed by atoms with Gasteiger partial charge in [-0.3, -0.25) is 4.31 Å². The third-order valence-corrected chi connectivity index (χ3v) is 8.76. The summed E-state index contributed by atoms with van der Waals surface area (Å²) >= 11 is 0. The van der Waals surface area contributed by atoms with E-state index in [0.29, 0.717) is 31.7 Å². The number of benzene rings is 2. The van der Waals surface area contributed by atoms with E-state index in [1.165, 1.54) is 20.1 Å². The van der Waals surface area contributed by atoms with Crippen LogP contribution in [-0.2, 0) is 26.5 Å². The summed E-state index contributed by atoms with van der Waals surface area (Å²) in [7, 11) is -7.18. The normalized spacial score (nSPS) is 18.3. The van der Waals surface area contributed by atoms with Crippen LogP contribution in [0.2, 0.25) is 0 Å². The topological polar surface area (TPSA) is 74.8 Å². The van der Waals surface area contributed by atoms with Gasteiger partial charge in [-0.1, -0.05) is 36.8 Å². The van der Waals surface area contributed by atoms with Gasteiger partial charge in [0, 0.05) is 19.6 Å². The Balaban J connectivity index is 1.59. The molecule has 0 bridgehead atoms. The number of hydrogen-bond acceptors (Lipinski definition) is 4. The van der Waals surface area contributed by atoms with E-state index in [0.717, 1.165) is 30.4 Å². The van der Waals surface area contributed by atoms with Gasteiger partial charge in [0.2, 0.25) is 10.0 Å². The van der Waals surface area contributed by atoms with Gasteiger partial charge in [-0.2, -0.15) is 4.31 Å². The summed E-state index contributed by atoms with van der Waals surface area (Å²) in [5.74, 6) is 0. The van der Waals surface area contributed by atoms with Gasteiger partial charge in [0.25, 0.3) is 10.0 Å². The number of nitrogens with zero attached hydrogens (tertiary/aromatic N) is 2. The Morgan fingerprint density at radius 1 is 0.828 bits per heavy atom. The summed E-state index contributed by atoms with van der Waals surface area (Å²) in [6, 6.07) is 14.0. The summed E-state index contributed by atoms with van der Waals surface area (Å²) in [6.45, 7) is 1.40. The second kappa shape index (κ2) is 7.93. The summed E-state index contributed by atoms with van der Waals surface area (Å²) < 4.78 is 54.3. The number of hydrogen-bond donors (Lipinski definition) is 0. The number of fused-ring (bicyclic) bond motifs is 1. The minimum atomic E-state index is -3.65. The van der Waals surface area contributed by atoms with Crippen LogP contribution in [0.3, 0.4) is 0 Å². The minimum Gasteiger partial charge on any atom is -0.266 e. The third kappa shape index (κ3) is 4.10. The molecular formula is C21H24N2O4S2. The lowest BCUT2D eigenvalue weighted by molar-refractivity contribution is 0.346. The Kier molecular flexibility index (Phi) is 5.50. The average Bonchev–Trinajstić information content (AvgIpc) is 3.18. The van der Waals surface area contributed by atoms with Crippen molar-refractivity contribution in [3.8, 4) is 0 Å². The van der Waals surface area contributed by atoms with Crippen molar-refractivity contribution in [1.82, 2.24) is 4.31 Å². The first-order valence-electron chi connectivity index (χ1n) is 9.77. The lowest BCUT2D eigenvalue weighted by atomic mass is 10.2. The molecule has 2 heterocycles. The summed E-state index contributed by atoms with van der Waals surface area (Å²) in [6.07, 6.45) is 4.88. The van der Waals surface area contributed by atoms with Gasteiger partial charge in [0.15, 0.2) is 0 Å². The molecule has 6 nitrogen and oxygen atoms in total. The van der Waals surface area contributed by atoms with Gasteiger partial charge in [-0.15, -0.1) is 0 Å². The molecular weight excluding hydrogens is 408 g/mol. The number of piperidine rings is 1. The second-order valence-electron chi connectivity index (χ2n) is 7.34. The molecule has 8 heteroatoms. The van der Waals surface area contributed by atoms with Crippen LogP contribution in [0.1, 0.15) is 30.4 Å². The second-order valence-corrected chi connectivity index (χ2v) is 11.0. The van der Waals surface area contributed by atoms with Crippen molar-refractivity contribution in [3.63, 3.8) is 0 Å².